The fourth-order valence-corrected chi connectivity index (χ4v) is 3.65. The molecule has 0 unspecified atom stereocenters. The van der Waals surface area contributed by atoms with E-state index in [0.717, 1.165) is 54.3 Å². The van der Waals surface area contributed by atoms with Crippen molar-refractivity contribution in [1.29, 1.82) is 0 Å². The number of methoxy groups -OCH3 is 1. The van der Waals surface area contributed by atoms with E-state index in [2.05, 4.69) is 25.4 Å². The van der Waals surface area contributed by atoms with Gasteiger partial charge >= 0.3 is 0 Å². The maximum absolute atomic E-state index is 12.6. The van der Waals surface area contributed by atoms with Crippen molar-refractivity contribution in [3.05, 3.63) is 66.5 Å². The van der Waals surface area contributed by atoms with Crippen LogP contribution in [0.1, 0.15) is 18.4 Å². The number of aromatic nitrogens is 3. The van der Waals surface area contributed by atoms with Gasteiger partial charge in [0.05, 0.1) is 12.8 Å². The van der Waals surface area contributed by atoms with Gasteiger partial charge in [-0.1, -0.05) is 12.1 Å². The lowest BCUT2D eigenvalue weighted by Gasteiger charge is -2.31. The second-order valence-electron chi connectivity index (χ2n) is 7.35. The number of hydrogen-bond acceptors (Lipinski definition) is 6. The SMILES string of the molecule is COc1cccc(CNC(=O)C2CCN(c3ccc(-c4cccnc4)nn3)CC2)c1. The minimum Gasteiger partial charge on any atom is -0.497 e. The van der Waals surface area contributed by atoms with Gasteiger partial charge in [0.15, 0.2) is 5.82 Å². The minimum absolute atomic E-state index is 0.0227. The fourth-order valence-electron chi connectivity index (χ4n) is 3.65. The molecule has 1 saturated heterocycles. The number of benzene rings is 1. The molecule has 0 radical (unpaired) electrons. The Morgan fingerprint density at radius 3 is 2.70 bits per heavy atom. The molecule has 0 atom stereocenters. The lowest BCUT2D eigenvalue weighted by Crippen LogP contribution is -2.40. The van der Waals surface area contributed by atoms with Crippen molar-refractivity contribution in [3.8, 4) is 17.0 Å². The second-order valence-corrected chi connectivity index (χ2v) is 7.35. The van der Waals surface area contributed by atoms with E-state index in [0.29, 0.717) is 6.54 Å². The third-order valence-electron chi connectivity index (χ3n) is 5.40. The molecule has 30 heavy (non-hydrogen) atoms. The van der Waals surface area contributed by atoms with Crippen LogP contribution in [0.15, 0.2) is 60.9 Å². The smallest absolute Gasteiger partial charge is 0.223 e. The predicted octanol–water partition coefficient (Wildman–Crippen LogP) is 3.08. The second kappa shape index (κ2) is 9.35. The summed E-state index contributed by atoms with van der Waals surface area (Å²) in [5, 5.41) is 11.8. The molecule has 0 aliphatic carbocycles. The Kier molecular flexibility index (Phi) is 6.17. The number of nitrogens with zero attached hydrogens (tertiary/aromatic N) is 4. The zero-order valence-corrected chi connectivity index (χ0v) is 17.0. The summed E-state index contributed by atoms with van der Waals surface area (Å²) in [6.45, 7) is 2.09. The first kappa shape index (κ1) is 19.8. The van der Waals surface area contributed by atoms with E-state index < -0.39 is 0 Å². The third-order valence-corrected chi connectivity index (χ3v) is 5.40. The van der Waals surface area contributed by atoms with E-state index in [1.165, 1.54) is 0 Å². The first-order valence-corrected chi connectivity index (χ1v) is 10.1. The van der Waals surface area contributed by atoms with Crippen LogP contribution in [0, 0.1) is 5.92 Å². The first-order valence-electron chi connectivity index (χ1n) is 10.1. The molecule has 3 aromatic rings. The number of hydrogen-bond donors (Lipinski definition) is 1. The average molecular weight is 403 g/mol. The Labute approximate surface area is 176 Å². The number of piperidine rings is 1. The molecular formula is C23H25N5O2. The molecule has 7 nitrogen and oxygen atoms in total. The summed E-state index contributed by atoms with van der Waals surface area (Å²) >= 11 is 0. The summed E-state index contributed by atoms with van der Waals surface area (Å²) in [4.78, 5) is 18.9. The van der Waals surface area contributed by atoms with Crippen LogP contribution in [0.4, 0.5) is 5.82 Å². The van der Waals surface area contributed by atoms with Crippen molar-refractivity contribution < 1.29 is 9.53 Å². The predicted molar refractivity (Wildman–Crippen MR) is 115 cm³/mol. The zero-order chi connectivity index (χ0) is 20.8. The molecule has 1 N–H and O–H groups in total. The van der Waals surface area contributed by atoms with Crippen LogP contribution in [0.3, 0.4) is 0 Å². The normalized spacial score (nSPS) is 14.4. The molecule has 2 aromatic heterocycles. The Morgan fingerprint density at radius 2 is 2.00 bits per heavy atom. The van der Waals surface area contributed by atoms with Gasteiger partial charge in [-0.2, -0.15) is 0 Å². The molecule has 1 fully saturated rings. The first-order chi connectivity index (χ1) is 14.7. The van der Waals surface area contributed by atoms with E-state index in [1.807, 2.05) is 48.5 Å². The number of amides is 1. The van der Waals surface area contributed by atoms with E-state index >= 15 is 0 Å². The Hall–Kier alpha value is -3.48. The number of carbonyl (C=O) groups is 1. The molecule has 154 valence electrons. The van der Waals surface area contributed by atoms with E-state index in [4.69, 9.17) is 4.74 Å². The van der Waals surface area contributed by atoms with Gasteiger partial charge in [0, 0.05) is 43.5 Å². The van der Waals surface area contributed by atoms with Gasteiger partial charge in [0.1, 0.15) is 5.75 Å². The Morgan fingerprint density at radius 1 is 1.13 bits per heavy atom. The van der Waals surface area contributed by atoms with Crippen LogP contribution in [0.5, 0.6) is 5.75 Å². The summed E-state index contributed by atoms with van der Waals surface area (Å²) in [7, 11) is 1.64. The largest absolute Gasteiger partial charge is 0.497 e. The molecule has 3 heterocycles. The maximum Gasteiger partial charge on any atom is 0.223 e. The van der Waals surface area contributed by atoms with Gasteiger partial charge in [-0.3, -0.25) is 9.78 Å². The highest BCUT2D eigenvalue weighted by atomic mass is 16.5. The van der Waals surface area contributed by atoms with Crippen molar-refractivity contribution >= 4 is 11.7 Å². The highest BCUT2D eigenvalue weighted by Gasteiger charge is 2.25. The van der Waals surface area contributed by atoms with Crippen LogP contribution < -0.4 is 15.0 Å². The number of anilines is 1. The van der Waals surface area contributed by atoms with Crippen LogP contribution in [-0.2, 0) is 11.3 Å². The van der Waals surface area contributed by atoms with Crippen LogP contribution in [-0.4, -0.2) is 41.3 Å². The lowest BCUT2D eigenvalue weighted by molar-refractivity contribution is -0.125. The molecule has 1 amide bonds. The van der Waals surface area contributed by atoms with E-state index in [-0.39, 0.29) is 11.8 Å². The number of rotatable bonds is 6. The monoisotopic (exact) mass is 403 g/mol. The minimum atomic E-state index is 0.0227. The molecule has 1 aliphatic rings. The summed E-state index contributed by atoms with van der Waals surface area (Å²) in [6, 6.07) is 15.6. The summed E-state index contributed by atoms with van der Waals surface area (Å²) in [5.41, 5.74) is 2.78. The Balaban J connectivity index is 1.28. The topological polar surface area (TPSA) is 80.2 Å². The Bertz CT molecular complexity index is 970. The standard InChI is InChI=1S/C23H25N5O2/c1-30-20-6-2-4-17(14-20)15-25-23(29)18-9-12-28(13-10-18)22-8-7-21(26-27-22)19-5-3-11-24-16-19/h2-8,11,14,16,18H,9-10,12-13,15H2,1H3,(H,25,29). The third kappa shape index (κ3) is 4.74. The van der Waals surface area contributed by atoms with Crippen molar-refractivity contribution in [3.63, 3.8) is 0 Å². The molecule has 7 heteroatoms. The zero-order valence-electron chi connectivity index (χ0n) is 17.0. The fraction of sp³-hybridized carbons (Fsp3) is 0.304. The van der Waals surface area contributed by atoms with Gasteiger partial charge in [-0.25, -0.2) is 0 Å². The van der Waals surface area contributed by atoms with Gasteiger partial charge in [0.2, 0.25) is 5.91 Å². The number of ether oxygens (including phenoxy) is 1. The summed E-state index contributed by atoms with van der Waals surface area (Å²) < 4.78 is 5.23. The quantitative estimate of drug-likeness (QED) is 0.681. The average Bonchev–Trinajstić information content (AvgIpc) is 2.83. The molecule has 4 rings (SSSR count). The van der Waals surface area contributed by atoms with Crippen LogP contribution >= 0.6 is 0 Å². The number of pyridine rings is 1. The maximum atomic E-state index is 12.6. The van der Waals surface area contributed by atoms with Crippen molar-refractivity contribution in [2.24, 2.45) is 5.92 Å². The van der Waals surface area contributed by atoms with Crippen molar-refractivity contribution in [2.45, 2.75) is 19.4 Å². The molecule has 1 aromatic carbocycles. The lowest BCUT2D eigenvalue weighted by atomic mass is 9.96. The van der Waals surface area contributed by atoms with Crippen LogP contribution in [0.25, 0.3) is 11.3 Å². The molecular weight excluding hydrogens is 378 g/mol. The highest BCUT2D eigenvalue weighted by Crippen LogP contribution is 2.23. The van der Waals surface area contributed by atoms with E-state index in [9.17, 15) is 4.79 Å². The van der Waals surface area contributed by atoms with Crippen molar-refractivity contribution in [1.82, 2.24) is 20.5 Å². The molecule has 0 bridgehead atoms. The molecule has 0 saturated carbocycles. The highest BCUT2D eigenvalue weighted by molar-refractivity contribution is 5.79. The van der Waals surface area contributed by atoms with Gasteiger partial charge in [0.25, 0.3) is 0 Å². The summed E-state index contributed by atoms with van der Waals surface area (Å²) in [6.07, 6.45) is 5.12. The number of carbonyl (C=O) groups excluding carboxylic acids is 1. The van der Waals surface area contributed by atoms with E-state index in [1.54, 1.807) is 19.5 Å². The van der Waals surface area contributed by atoms with Crippen LogP contribution in [0.2, 0.25) is 0 Å². The summed E-state index contributed by atoms with van der Waals surface area (Å²) in [5.74, 6) is 1.77. The molecule has 0 spiro atoms. The van der Waals surface area contributed by atoms with Gasteiger partial charge in [-0.05, 0) is 54.8 Å². The van der Waals surface area contributed by atoms with Gasteiger partial charge < -0.3 is 15.0 Å². The number of nitrogens with one attached hydrogen (secondary N) is 1. The molecule has 1 aliphatic heterocycles. The van der Waals surface area contributed by atoms with Gasteiger partial charge in [-0.15, -0.1) is 10.2 Å². The van der Waals surface area contributed by atoms with Crippen molar-refractivity contribution in [2.75, 3.05) is 25.1 Å².